The largest absolute Gasteiger partial charge is 0.504 e. The van der Waals surface area contributed by atoms with Crippen molar-refractivity contribution >= 4 is 38.7 Å². The molecule has 2 aromatic heterocycles. The second-order valence-corrected chi connectivity index (χ2v) is 9.97. The van der Waals surface area contributed by atoms with Crippen molar-refractivity contribution in [3.8, 4) is 5.75 Å². The minimum atomic E-state index is -3.80. The molecule has 0 aliphatic rings. The van der Waals surface area contributed by atoms with Crippen molar-refractivity contribution < 1.29 is 22.9 Å². The van der Waals surface area contributed by atoms with Crippen LogP contribution in [-0.2, 0) is 10.0 Å². The van der Waals surface area contributed by atoms with Crippen LogP contribution in [0.25, 0.3) is 0 Å². The summed E-state index contributed by atoms with van der Waals surface area (Å²) in [5.41, 5.74) is 11.8. The molecule has 7 N–H and O–H groups in total. The van der Waals surface area contributed by atoms with E-state index >= 15 is 0 Å². The fourth-order valence-corrected chi connectivity index (χ4v) is 4.74. The van der Waals surface area contributed by atoms with Crippen LogP contribution in [0.1, 0.15) is 39.5 Å². The molecule has 9 nitrogen and oxygen atoms in total. The van der Waals surface area contributed by atoms with Gasteiger partial charge in [-0.3, -0.25) is 10.7 Å². The highest BCUT2D eigenvalue weighted by Gasteiger charge is 2.31. The Bertz CT molecular complexity index is 970. The lowest BCUT2D eigenvalue weighted by Crippen LogP contribution is -2.81. The van der Waals surface area contributed by atoms with Crippen LogP contribution in [0.4, 0.5) is 5.69 Å². The van der Waals surface area contributed by atoms with Crippen LogP contribution in [0.3, 0.4) is 0 Å². The van der Waals surface area contributed by atoms with Crippen LogP contribution in [0.15, 0.2) is 37.4 Å². The van der Waals surface area contributed by atoms with Gasteiger partial charge in [0.2, 0.25) is 5.84 Å². The van der Waals surface area contributed by atoms with Crippen LogP contribution in [-0.4, -0.2) is 31.7 Å². The average molecular weight is 429 g/mol. The molecule has 0 spiro atoms. The fraction of sp³-hybridized carbons (Fsp3) is 0.412. The first-order valence-electron chi connectivity index (χ1n) is 8.54. The van der Waals surface area contributed by atoms with Crippen molar-refractivity contribution in [1.29, 1.82) is 0 Å². The van der Waals surface area contributed by atoms with Crippen LogP contribution < -0.4 is 21.2 Å². The molecule has 0 aliphatic heterocycles. The zero-order valence-corrected chi connectivity index (χ0v) is 17.8. The number of amidine groups is 2. The lowest BCUT2D eigenvalue weighted by molar-refractivity contribution is -0.532. The maximum Gasteiger partial charge on any atom is 0.309 e. The van der Waals surface area contributed by atoms with Gasteiger partial charge in [-0.05, 0) is 12.1 Å². The Morgan fingerprint density at radius 1 is 1.43 bits per heavy atom. The first kappa shape index (κ1) is 21.9. The summed E-state index contributed by atoms with van der Waals surface area (Å²) in [5, 5.41) is 11.6. The van der Waals surface area contributed by atoms with E-state index in [9.17, 15) is 13.5 Å². The monoisotopic (exact) mass is 428 g/mol. The molecule has 154 valence electrons. The quantitative estimate of drug-likeness (QED) is 0.334. The van der Waals surface area contributed by atoms with Gasteiger partial charge in [0.05, 0.1) is 6.26 Å². The Morgan fingerprint density at radius 2 is 2.11 bits per heavy atom. The lowest BCUT2D eigenvalue weighted by Gasteiger charge is -2.23. The second-order valence-electron chi connectivity index (χ2n) is 7.13. The van der Waals surface area contributed by atoms with Crippen LogP contribution in [0.2, 0.25) is 0 Å². The molecule has 2 heterocycles. The number of furan rings is 1. The van der Waals surface area contributed by atoms with Crippen LogP contribution in [0, 0.1) is 5.41 Å². The molecule has 0 fully saturated rings. The number of aliphatic imine (C=N–C) groups is 1. The van der Waals surface area contributed by atoms with E-state index in [1.165, 1.54) is 5.38 Å². The molecule has 2 aromatic rings. The Kier molecular flexibility index (Phi) is 6.52. The Morgan fingerprint density at radius 3 is 2.64 bits per heavy atom. The van der Waals surface area contributed by atoms with Gasteiger partial charge in [-0.1, -0.05) is 27.7 Å². The third-order valence-corrected chi connectivity index (χ3v) is 6.85. The molecule has 2 rings (SSSR count). The fourth-order valence-electron chi connectivity index (χ4n) is 2.44. The first-order valence-corrected chi connectivity index (χ1v) is 10.9. The standard InChI is InChI=1S/C17H25N5O4S2/c1-5-20-28(24,25)16-12(23)10(9-27-16)21-14(18)15(19)22-13(17(2,3)4)11-7-6-8-26-11/h6-9,13,20,23H,5H2,1-4H3,(H2,18,21)(H2,19,22)/p+1/t13-/m0/s1. The number of sulfonamides is 1. The van der Waals surface area contributed by atoms with E-state index in [0.29, 0.717) is 5.76 Å². The van der Waals surface area contributed by atoms with Gasteiger partial charge in [0.25, 0.3) is 10.0 Å². The van der Waals surface area contributed by atoms with Gasteiger partial charge < -0.3 is 15.3 Å². The Balaban J connectivity index is 2.37. The molecule has 0 saturated carbocycles. The summed E-state index contributed by atoms with van der Waals surface area (Å²) in [6.07, 6.45) is 1.57. The zero-order valence-electron chi connectivity index (χ0n) is 16.2. The molecule has 0 aromatic carbocycles. The van der Waals surface area contributed by atoms with Crippen molar-refractivity contribution in [3.63, 3.8) is 0 Å². The summed E-state index contributed by atoms with van der Waals surface area (Å²) in [5.74, 6) is 0.208. The predicted molar refractivity (Wildman–Crippen MR) is 109 cm³/mol. The number of nitrogens with one attached hydrogen (secondary N) is 2. The molecular weight excluding hydrogens is 402 g/mol. The van der Waals surface area contributed by atoms with E-state index < -0.39 is 15.8 Å². The summed E-state index contributed by atoms with van der Waals surface area (Å²) in [6.45, 7) is 7.88. The second kappa shape index (κ2) is 8.33. The number of hydrogen-bond acceptors (Lipinski definition) is 6. The molecule has 0 saturated heterocycles. The maximum absolute atomic E-state index is 12.1. The van der Waals surface area contributed by atoms with Gasteiger partial charge in [0.15, 0.2) is 16.0 Å². The number of nitrogens with zero attached hydrogens (tertiary/aromatic N) is 1. The number of hydrogen-bond donors (Lipinski definition) is 5. The van der Waals surface area contributed by atoms with Gasteiger partial charge in [0.1, 0.15) is 11.4 Å². The van der Waals surface area contributed by atoms with Crippen molar-refractivity contribution in [2.24, 2.45) is 21.9 Å². The van der Waals surface area contributed by atoms with Gasteiger partial charge in [-0.2, -0.15) is 0 Å². The molecular formula is C17H26N5O4S2+. The van der Waals surface area contributed by atoms with Gasteiger partial charge >= 0.3 is 5.84 Å². The first-order chi connectivity index (χ1) is 13.0. The van der Waals surface area contributed by atoms with Gasteiger partial charge in [0, 0.05) is 17.3 Å². The molecule has 0 radical (unpaired) electrons. The highest BCUT2D eigenvalue weighted by molar-refractivity contribution is 7.91. The number of thiophene rings is 1. The number of nitrogens with two attached hydrogens (primary N) is 2. The summed E-state index contributed by atoms with van der Waals surface area (Å²) in [7, 11) is -3.80. The van der Waals surface area contributed by atoms with E-state index in [-0.39, 0.29) is 39.6 Å². The lowest BCUT2D eigenvalue weighted by atomic mass is 9.85. The van der Waals surface area contributed by atoms with Gasteiger partial charge in [-0.25, -0.2) is 18.1 Å². The van der Waals surface area contributed by atoms with E-state index in [0.717, 1.165) is 11.3 Å². The third kappa shape index (κ3) is 4.91. The molecule has 0 bridgehead atoms. The maximum atomic E-state index is 12.1. The highest BCUT2D eigenvalue weighted by Crippen LogP contribution is 2.39. The smallest absolute Gasteiger partial charge is 0.309 e. The van der Waals surface area contributed by atoms with Crippen LogP contribution in [0.5, 0.6) is 5.75 Å². The van der Waals surface area contributed by atoms with E-state index in [1.54, 1.807) is 19.3 Å². The van der Waals surface area contributed by atoms with Crippen molar-refractivity contribution in [2.45, 2.75) is 37.9 Å². The molecule has 0 amide bonds. The summed E-state index contributed by atoms with van der Waals surface area (Å²) < 4.78 is 31.7. The van der Waals surface area contributed by atoms with E-state index in [4.69, 9.17) is 15.9 Å². The number of aromatic hydroxyl groups is 1. The SMILES string of the molecule is CCNS(=O)(=O)c1scc(N=C(N)C(N)=[NH+][C@@H](c2ccco2)C(C)(C)C)c1O. The predicted octanol–water partition coefficient (Wildman–Crippen LogP) is 0.559. The Hall–Kier alpha value is -2.37. The summed E-state index contributed by atoms with van der Waals surface area (Å²) in [4.78, 5) is 7.17. The van der Waals surface area contributed by atoms with Crippen molar-refractivity contribution in [1.82, 2.24) is 4.72 Å². The van der Waals surface area contributed by atoms with Crippen molar-refractivity contribution in [2.75, 3.05) is 6.54 Å². The summed E-state index contributed by atoms with van der Waals surface area (Å²) >= 11 is 0.844. The van der Waals surface area contributed by atoms with Crippen LogP contribution >= 0.6 is 11.3 Å². The van der Waals surface area contributed by atoms with Crippen molar-refractivity contribution in [3.05, 3.63) is 29.5 Å². The Labute approximate surface area is 168 Å². The highest BCUT2D eigenvalue weighted by atomic mass is 32.2. The zero-order chi connectivity index (χ0) is 21.1. The van der Waals surface area contributed by atoms with E-state index in [1.807, 2.05) is 26.8 Å². The van der Waals surface area contributed by atoms with Gasteiger partial charge in [-0.15, -0.1) is 11.3 Å². The topological polar surface area (TPSA) is 158 Å². The molecule has 0 aliphatic carbocycles. The minimum absolute atomic E-state index is 0.0223. The van der Waals surface area contributed by atoms with E-state index in [2.05, 4.69) is 14.7 Å². The molecule has 1 atom stereocenters. The molecule has 0 unspecified atom stereocenters. The minimum Gasteiger partial charge on any atom is -0.504 e. The molecule has 28 heavy (non-hydrogen) atoms. The average Bonchev–Trinajstić information content (AvgIpc) is 3.22. The third-order valence-electron chi connectivity index (χ3n) is 3.80. The normalized spacial score (nSPS) is 15.0. The number of rotatable bonds is 6. The summed E-state index contributed by atoms with van der Waals surface area (Å²) in [6, 6.07) is 3.32. The molecule has 11 heteroatoms.